The van der Waals surface area contributed by atoms with Crippen molar-refractivity contribution in [3.8, 4) is 0 Å². The predicted molar refractivity (Wildman–Crippen MR) is 123 cm³/mol. The Morgan fingerprint density at radius 2 is 1.27 bits per heavy atom. The zero-order valence-electron chi connectivity index (χ0n) is 17.0. The monoisotopic (exact) mass is 421 g/mol. The highest BCUT2D eigenvalue weighted by molar-refractivity contribution is 5.85. The van der Waals surface area contributed by atoms with Crippen molar-refractivity contribution < 1.29 is 9.53 Å². The largest absolute Gasteiger partial charge is 0.462 e. The van der Waals surface area contributed by atoms with Gasteiger partial charge in [0.05, 0.1) is 0 Å². The maximum Gasteiger partial charge on any atom is 0.318 e. The van der Waals surface area contributed by atoms with Crippen LogP contribution in [0.4, 0.5) is 0 Å². The average Bonchev–Trinajstić information content (AvgIpc) is 2.78. The van der Waals surface area contributed by atoms with Gasteiger partial charge in [0, 0.05) is 19.6 Å². The Kier molecular flexibility index (Phi) is 8.06. The van der Waals surface area contributed by atoms with Gasteiger partial charge in [0.25, 0.3) is 0 Å². The lowest BCUT2D eigenvalue weighted by molar-refractivity contribution is -0.152. The number of carbonyl (C=O) groups excluding carboxylic acids is 1. The fraction of sp³-hybridized carbons (Fsp3) is 0.269. The zero-order valence-corrected chi connectivity index (χ0v) is 17.8. The summed E-state index contributed by atoms with van der Waals surface area (Å²) in [6.45, 7) is 2.86. The molecule has 1 saturated heterocycles. The summed E-state index contributed by atoms with van der Waals surface area (Å²) < 4.78 is 6.00. The second-order valence-electron chi connectivity index (χ2n) is 7.65. The van der Waals surface area contributed by atoms with E-state index in [2.05, 4.69) is 29.2 Å². The molecule has 4 heteroatoms. The molecule has 0 aliphatic carbocycles. The minimum atomic E-state index is -0.375. The molecule has 3 nitrogen and oxygen atoms in total. The van der Waals surface area contributed by atoms with Crippen LogP contribution >= 0.6 is 12.4 Å². The highest BCUT2D eigenvalue weighted by atomic mass is 35.5. The highest BCUT2D eigenvalue weighted by Crippen LogP contribution is 2.28. The molecule has 4 rings (SSSR count). The van der Waals surface area contributed by atoms with Crippen LogP contribution in [0.15, 0.2) is 91.0 Å². The Balaban J connectivity index is 0.00000256. The van der Waals surface area contributed by atoms with Gasteiger partial charge in [-0.25, -0.2) is 0 Å². The van der Waals surface area contributed by atoms with Gasteiger partial charge in [-0.3, -0.25) is 9.69 Å². The third kappa shape index (κ3) is 5.71. The maximum absolute atomic E-state index is 13.1. The number of piperidine rings is 1. The van der Waals surface area contributed by atoms with Gasteiger partial charge in [0.15, 0.2) is 0 Å². The number of likely N-dealkylation sites (tertiary alicyclic amines) is 1. The van der Waals surface area contributed by atoms with Crippen molar-refractivity contribution in [1.29, 1.82) is 0 Å². The quantitative estimate of drug-likeness (QED) is 0.496. The SMILES string of the molecule is Cl.O=C(OC1CCN(Cc2ccccc2)CC1)C(c1ccccc1)c1ccccc1. The van der Waals surface area contributed by atoms with Crippen molar-refractivity contribution in [1.82, 2.24) is 4.90 Å². The van der Waals surface area contributed by atoms with Gasteiger partial charge in [-0.2, -0.15) is 0 Å². The first kappa shape index (κ1) is 22.1. The molecule has 30 heavy (non-hydrogen) atoms. The minimum absolute atomic E-state index is 0. The third-order valence-electron chi connectivity index (χ3n) is 5.57. The van der Waals surface area contributed by atoms with Crippen molar-refractivity contribution in [2.45, 2.75) is 31.4 Å². The number of benzene rings is 3. The molecule has 0 N–H and O–H groups in total. The molecule has 0 radical (unpaired) electrons. The molecule has 1 heterocycles. The Bertz CT molecular complexity index is 855. The number of hydrogen-bond donors (Lipinski definition) is 0. The summed E-state index contributed by atoms with van der Waals surface area (Å²) in [6.07, 6.45) is 1.76. The van der Waals surface area contributed by atoms with Crippen LogP contribution < -0.4 is 0 Å². The van der Waals surface area contributed by atoms with E-state index in [0.717, 1.165) is 43.6 Å². The highest BCUT2D eigenvalue weighted by Gasteiger charge is 2.28. The fourth-order valence-corrected chi connectivity index (χ4v) is 4.01. The number of nitrogens with zero attached hydrogens (tertiary/aromatic N) is 1. The molecule has 156 valence electrons. The molecule has 0 saturated carbocycles. The lowest BCUT2D eigenvalue weighted by Crippen LogP contribution is -2.38. The molecule has 0 amide bonds. The van der Waals surface area contributed by atoms with Crippen LogP contribution in [0, 0.1) is 0 Å². The number of carbonyl (C=O) groups is 1. The molecule has 1 aliphatic heterocycles. The lowest BCUT2D eigenvalue weighted by Gasteiger charge is -2.32. The first-order valence-electron chi connectivity index (χ1n) is 10.4. The topological polar surface area (TPSA) is 29.5 Å². The molecule has 1 fully saturated rings. The van der Waals surface area contributed by atoms with Gasteiger partial charge >= 0.3 is 5.97 Å². The van der Waals surface area contributed by atoms with Crippen LogP contribution in [0.1, 0.15) is 35.4 Å². The van der Waals surface area contributed by atoms with Gasteiger partial charge in [-0.05, 0) is 29.5 Å². The normalized spacial score (nSPS) is 14.8. The summed E-state index contributed by atoms with van der Waals surface area (Å²) in [5, 5.41) is 0. The van der Waals surface area contributed by atoms with Gasteiger partial charge in [-0.1, -0.05) is 91.0 Å². The van der Waals surface area contributed by atoms with E-state index in [0.29, 0.717) is 0 Å². The minimum Gasteiger partial charge on any atom is -0.462 e. The third-order valence-corrected chi connectivity index (χ3v) is 5.57. The Hall–Kier alpha value is -2.62. The fourth-order valence-electron chi connectivity index (χ4n) is 4.01. The van der Waals surface area contributed by atoms with Crippen LogP contribution in [-0.4, -0.2) is 30.1 Å². The summed E-state index contributed by atoms with van der Waals surface area (Å²) in [4.78, 5) is 15.6. The van der Waals surface area contributed by atoms with E-state index in [9.17, 15) is 4.79 Å². The summed E-state index contributed by atoms with van der Waals surface area (Å²) in [7, 11) is 0. The van der Waals surface area contributed by atoms with Crippen molar-refractivity contribution in [2.24, 2.45) is 0 Å². The van der Waals surface area contributed by atoms with Crippen molar-refractivity contribution in [3.05, 3.63) is 108 Å². The molecule has 0 spiro atoms. The second kappa shape index (κ2) is 11.0. The molecule has 0 aromatic heterocycles. The molecule has 0 bridgehead atoms. The average molecular weight is 422 g/mol. The molecule has 3 aromatic rings. The van der Waals surface area contributed by atoms with Crippen molar-refractivity contribution >= 4 is 18.4 Å². The number of hydrogen-bond acceptors (Lipinski definition) is 3. The van der Waals surface area contributed by atoms with Crippen molar-refractivity contribution in [2.75, 3.05) is 13.1 Å². The van der Waals surface area contributed by atoms with E-state index in [1.807, 2.05) is 66.7 Å². The van der Waals surface area contributed by atoms with Crippen molar-refractivity contribution in [3.63, 3.8) is 0 Å². The number of ether oxygens (including phenoxy) is 1. The summed E-state index contributed by atoms with van der Waals surface area (Å²) >= 11 is 0. The zero-order chi connectivity index (χ0) is 19.9. The van der Waals surface area contributed by atoms with E-state index in [-0.39, 0.29) is 30.4 Å². The first-order valence-corrected chi connectivity index (χ1v) is 10.4. The van der Waals surface area contributed by atoms with Crippen LogP contribution in [-0.2, 0) is 16.1 Å². The summed E-state index contributed by atoms with van der Waals surface area (Å²) in [6, 6.07) is 30.4. The standard InChI is InChI=1S/C26H27NO2.ClH/c28-26(25(22-12-6-2-7-13-22)23-14-8-3-9-15-23)29-24-16-18-27(19-17-24)20-21-10-4-1-5-11-21;/h1-15,24-25H,16-20H2;1H. The number of esters is 1. The van der Waals surface area contributed by atoms with Crippen LogP contribution in [0.5, 0.6) is 0 Å². The van der Waals surface area contributed by atoms with E-state index in [4.69, 9.17) is 4.74 Å². The number of rotatable bonds is 6. The molecular weight excluding hydrogens is 394 g/mol. The molecule has 0 unspecified atom stereocenters. The maximum atomic E-state index is 13.1. The molecule has 1 aliphatic rings. The Labute approximate surface area is 185 Å². The summed E-state index contributed by atoms with van der Waals surface area (Å²) in [5.74, 6) is -0.524. The smallest absolute Gasteiger partial charge is 0.318 e. The molecular formula is C26H28ClNO2. The first-order chi connectivity index (χ1) is 14.3. The Morgan fingerprint density at radius 3 is 1.77 bits per heavy atom. The van der Waals surface area contributed by atoms with E-state index in [1.165, 1.54) is 5.56 Å². The van der Waals surface area contributed by atoms with Crippen LogP contribution in [0.25, 0.3) is 0 Å². The van der Waals surface area contributed by atoms with Gasteiger partial charge < -0.3 is 4.74 Å². The Morgan fingerprint density at radius 1 is 0.800 bits per heavy atom. The molecule has 3 aromatic carbocycles. The molecule has 0 atom stereocenters. The predicted octanol–water partition coefficient (Wildman–Crippen LogP) is 5.45. The summed E-state index contributed by atoms with van der Waals surface area (Å²) in [5.41, 5.74) is 3.28. The van der Waals surface area contributed by atoms with Crippen LogP contribution in [0.3, 0.4) is 0 Å². The van der Waals surface area contributed by atoms with Crippen LogP contribution in [0.2, 0.25) is 0 Å². The lowest BCUT2D eigenvalue weighted by atomic mass is 9.91. The van der Waals surface area contributed by atoms with E-state index >= 15 is 0 Å². The van der Waals surface area contributed by atoms with E-state index < -0.39 is 0 Å². The number of halogens is 1. The van der Waals surface area contributed by atoms with E-state index in [1.54, 1.807) is 0 Å². The van der Waals surface area contributed by atoms with Gasteiger partial charge in [0.2, 0.25) is 0 Å². The second-order valence-corrected chi connectivity index (χ2v) is 7.65. The van der Waals surface area contributed by atoms with Gasteiger partial charge in [-0.15, -0.1) is 12.4 Å². The van der Waals surface area contributed by atoms with Gasteiger partial charge in [0.1, 0.15) is 12.0 Å².